The Balaban J connectivity index is 1.51. The molecule has 7 nitrogen and oxygen atoms in total. The van der Waals surface area contributed by atoms with Gasteiger partial charge >= 0.3 is 0 Å². The highest BCUT2D eigenvalue weighted by Crippen LogP contribution is 2.43. The molecule has 4 aromatic rings. The molecule has 0 radical (unpaired) electrons. The molecule has 3 aromatic carbocycles. The molecular formula is C25H21ClN4O3S. The second kappa shape index (κ2) is 9.79. The molecule has 0 unspecified atom stereocenters. The predicted octanol–water partition coefficient (Wildman–Crippen LogP) is 6.00. The van der Waals surface area contributed by atoms with Crippen molar-refractivity contribution in [3.05, 3.63) is 82.9 Å². The molecule has 1 atom stereocenters. The molecule has 1 aromatic heterocycles. The minimum absolute atomic E-state index is 0.390. The van der Waals surface area contributed by atoms with E-state index in [1.165, 1.54) is 11.8 Å². The maximum absolute atomic E-state index is 6.38. The van der Waals surface area contributed by atoms with Gasteiger partial charge in [0.15, 0.2) is 17.2 Å². The van der Waals surface area contributed by atoms with Gasteiger partial charge < -0.3 is 19.5 Å². The quantitative estimate of drug-likeness (QED) is 0.328. The van der Waals surface area contributed by atoms with Gasteiger partial charge in [0.05, 0.1) is 19.8 Å². The lowest BCUT2D eigenvalue weighted by atomic mass is 10.1. The van der Waals surface area contributed by atoms with Gasteiger partial charge in [0.2, 0.25) is 17.3 Å². The number of thioether (sulfide) groups is 1. The van der Waals surface area contributed by atoms with Crippen LogP contribution in [0.15, 0.2) is 71.9 Å². The van der Waals surface area contributed by atoms with E-state index in [2.05, 4.69) is 15.5 Å². The van der Waals surface area contributed by atoms with Crippen LogP contribution in [0.2, 0.25) is 5.02 Å². The molecule has 1 N–H and O–H groups in total. The number of anilines is 1. The summed E-state index contributed by atoms with van der Waals surface area (Å²) in [6.07, 6.45) is -0.585. The van der Waals surface area contributed by atoms with E-state index in [1.807, 2.05) is 66.7 Å². The molecule has 9 heteroatoms. The van der Waals surface area contributed by atoms with Crippen LogP contribution < -0.4 is 19.5 Å². The number of nitrogens with one attached hydrogen (secondary N) is 1. The van der Waals surface area contributed by atoms with Gasteiger partial charge in [-0.2, -0.15) is 4.98 Å². The van der Waals surface area contributed by atoms with Crippen LogP contribution in [0.25, 0.3) is 11.3 Å². The summed E-state index contributed by atoms with van der Waals surface area (Å²) in [7, 11) is 3.21. The maximum atomic E-state index is 6.38. The molecule has 0 amide bonds. The van der Waals surface area contributed by atoms with Gasteiger partial charge in [0, 0.05) is 22.0 Å². The summed E-state index contributed by atoms with van der Waals surface area (Å²) in [5, 5.41) is 13.5. The van der Waals surface area contributed by atoms with Crippen molar-refractivity contribution < 1.29 is 14.2 Å². The Morgan fingerprint density at radius 1 is 0.971 bits per heavy atom. The molecular weight excluding hydrogens is 472 g/mol. The second-order valence-corrected chi connectivity index (χ2v) is 8.81. The van der Waals surface area contributed by atoms with Crippen molar-refractivity contribution in [1.82, 2.24) is 15.2 Å². The van der Waals surface area contributed by atoms with Gasteiger partial charge in [-0.1, -0.05) is 59.8 Å². The molecule has 34 heavy (non-hydrogen) atoms. The van der Waals surface area contributed by atoms with Gasteiger partial charge in [0.1, 0.15) is 0 Å². The molecule has 1 aliphatic heterocycles. The maximum Gasteiger partial charge on any atom is 0.247 e. The topological polar surface area (TPSA) is 78.4 Å². The number of benzene rings is 3. The van der Waals surface area contributed by atoms with E-state index in [0.717, 1.165) is 22.4 Å². The molecule has 0 spiro atoms. The van der Waals surface area contributed by atoms with E-state index in [0.29, 0.717) is 39.0 Å². The highest BCUT2D eigenvalue weighted by Gasteiger charge is 2.28. The third-order valence-electron chi connectivity index (χ3n) is 5.33. The van der Waals surface area contributed by atoms with Crippen LogP contribution in [0.4, 0.5) is 5.69 Å². The van der Waals surface area contributed by atoms with E-state index in [1.54, 1.807) is 14.2 Å². The fourth-order valence-electron chi connectivity index (χ4n) is 3.70. The standard InChI is InChI=1S/C25H21ClN4O3S/c1-31-20-9-5-7-18(22(20)32-2)23-27-19-8-4-3-6-17(19)21-24(33-23)28-25(30-29-21)34-14-15-10-12-16(26)13-11-15/h3-13,23,27H,14H2,1-2H3/t23-/m0/s1. The zero-order valence-corrected chi connectivity index (χ0v) is 20.1. The van der Waals surface area contributed by atoms with Gasteiger partial charge in [-0.15, -0.1) is 10.2 Å². The first kappa shape index (κ1) is 22.3. The van der Waals surface area contributed by atoms with Crippen molar-refractivity contribution in [2.75, 3.05) is 19.5 Å². The van der Waals surface area contributed by atoms with Crippen LogP contribution in [-0.2, 0) is 5.75 Å². The Bertz CT molecular complexity index is 1320. The molecule has 0 saturated heterocycles. The Morgan fingerprint density at radius 2 is 1.79 bits per heavy atom. The normalized spacial score (nSPS) is 14.1. The number of aromatic nitrogens is 3. The summed E-state index contributed by atoms with van der Waals surface area (Å²) in [6.45, 7) is 0. The molecule has 2 heterocycles. The number of para-hydroxylation sites is 2. The fourth-order valence-corrected chi connectivity index (χ4v) is 4.56. The summed E-state index contributed by atoms with van der Waals surface area (Å²) in [6, 6.07) is 21.2. The van der Waals surface area contributed by atoms with Crippen molar-refractivity contribution in [2.24, 2.45) is 0 Å². The third kappa shape index (κ3) is 4.47. The van der Waals surface area contributed by atoms with Gasteiger partial charge in [-0.05, 0) is 35.9 Å². The monoisotopic (exact) mass is 492 g/mol. The minimum atomic E-state index is -0.585. The predicted molar refractivity (Wildman–Crippen MR) is 133 cm³/mol. The summed E-state index contributed by atoms with van der Waals surface area (Å²) in [5.41, 5.74) is 4.17. The number of nitrogens with zero attached hydrogens (tertiary/aromatic N) is 3. The number of methoxy groups -OCH3 is 2. The van der Waals surface area contributed by atoms with Gasteiger partial charge in [-0.3, -0.25) is 0 Å². The van der Waals surface area contributed by atoms with Crippen LogP contribution in [0, 0.1) is 0 Å². The lowest BCUT2D eigenvalue weighted by Crippen LogP contribution is -2.18. The van der Waals surface area contributed by atoms with E-state index >= 15 is 0 Å². The zero-order valence-electron chi connectivity index (χ0n) is 18.5. The van der Waals surface area contributed by atoms with E-state index in [-0.39, 0.29) is 0 Å². The smallest absolute Gasteiger partial charge is 0.247 e. The SMILES string of the molecule is COc1cccc([C@H]2Nc3ccccc3-c3nnc(SCc4ccc(Cl)cc4)nc3O2)c1OC. The summed E-state index contributed by atoms with van der Waals surface area (Å²) < 4.78 is 17.5. The van der Waals surface area contributed by atoms with E-state index in [4.69, 9.17) is 30.8 Å². The van der Waals surface area contributed by atoms with E-state index in [9.17, 15) is 0 Å². The first-order valence-corrected chi connectivity index (χ1v) is 11.9. The number of halogens is 1. The molecule has 1 aliphatic rings. The second-order valence-electron chi connectivity index (χ2n) is 7.43. The van der Waals surface area contributed by atoms with Crippen molar-refractivity contribution in [3.63, 3.8) is 0 Å². The van der Waals surface area contributed by atoms with Crippen molar-refractivity contribution in [1.29, 1.82) is 0 Å². The molecule has 0 fully saturated rings. The first-order chi connectivity index (χ1) is 16.7. The van der Waals surface area contributed by atoms with Crippen LogP contribution in [-0.4, -0.2) is 29.4 Å². The Kier molecular flexibility index (Phi) is 6.42. The van der Waals surface area contributed by atoms with Crippen molar-refractivity contribution in [3.8, 4) is 28.6 Å². The van der Waals surface area contributed by atoms with Crippen LogP contribution in [0.3, 0.4) is 0 Å². The molecule has 0 bridgehead atoms. The average Bonchev–Trinajstić information content (AvgIpc) is 3.04. The average molecular weight is 493 g/mol. The largest absolute Gasteiger partial charge is 0.493 e. The lowest BCUT2D eigenvalue weighted by molar-refractivity contribution is 0.218. The van der Waals surface area contributed by atoms with E-state index < -0.39 is 6.23 Å². The van der Waals surface area contributed by atoms with Crippen molar-refractivity contribution >= 4 is 29.1 Å². The van der Waals surface area contributed by atoms with Crippen molar-refractivity contribution in [2.45, 2.75) is 17.1 Å². The Hall–Kier alpha value is -3.49. The number of fused-ring (bicyclic) bond motifs is 3. The number of hydrogen-bond donors (Lipinski definition) is 1. The lowest BCUT2D eigenvalue weighted by Gasteiger charge is -2.22. The number of ether oxygens (including phenoxy) is 3. The summed E-state index contributed by atoms with van der Waals surface area (Å²) in [4.78, 5) is 4.71. The minimum Gasteiger partial charge on any atom is -0.493 e. The molecule has 0 aliphatic carbocycles. The van der Waals surface area contributed by atoms with Crippen LogP contribution >= 0.6 is 23.4 Å². The van der Waals surface area contributed by atoms with Crippen LogP contribution in [0.5, 0.6) is 17.4 Å². The highest BCUT2D eigenvalue weighted by atomic mass is 35.5. The number of rotatable bonds is 6. The van der Waals surface area contributed by atoms with Gasteiger partial charge in [-0.25, -0.2) is 0 Å². The Labute approximate surface area is 206 Å². The molecule has 5 rings (SSSR count). The van der Waals surface area contributed by atoms with Crippen LogP contribution in [0.1, 0.15) is 17.4 Å². The fraction of sp³-hybridized carbons (Fsp3) is 0.160. The third-order valence-corrected chi connectivity index (χ3v) is 6.49. The van der Waals surface area contributed by atoms with Gasteiger partial charge in [0.25, 0.3) is 0 Å². The summed E-state index contributed by atoms with van der Waals surface area (Å²) in [5.74, 6) is 2.27. The summed E-state index contributed by atoms with van der Waals surface area (Å²) >= 11 is 7.47. The zero-order chi connectivity index (χ0) is 23.5. The first-order valence-electron chi connectivity index (χ1n) is 10.5. The number of hydrogen-bond acceptors (Lipinski definition) is 8. The molecule has 172 valence electrons. The Morgan fingerprint density at radius 3 is 2.59 bits per heavy atom. The molecule has 0 saturated carbocycles. The highest BCUT2D eigenvalue weighted by molar-refractivity contribution is 7.98.